The topological polar surface area (TPSA) is 150 Å². The van der Waals surface area contributed by atoms with Gasteiger partial charge in [0, 0.05) is 13.6 Å². The second kappa shape index (κ2) is 9.33. The molecule has 1 atom stereocenters. The number of carbonyl (C=O) groups is 3. The van der Waals surface area contributed by atoms with Gasteiger partial charge in [0.15, 0.2) is 6.61 Å². The lowest BCUT2D eigenvalue weighted by molar-refractivity contribution is -0.139. The van der Waals surface area contributed by atoms with Gasteiger partial charge in [0.25, 0.3) is 0 Å². The van der Waals surface area contributed by atoms with Gasteiger partial charge in [0.05, 0.1) is 6.26 Å². The summed E-state index contributed by atoms with van der Waals surface area (Å²) in [6, 6.07) is 2.82. The fourth-order valence-electron chi connectivity index (χ4n) is 2.23. The predicted molar refractivity (Wildman–Crippen MR) is 95.3 cm³/mol. The van der Waals surface area contributed by atoms with E-state index in [1.807, 2.05) is 0 Å². The highest BCUT2D eigenvalue weighted by molar-refractivity contribution is 7.88. The van der Waals surface area contributed by atoms with Crippen LogP contribution in [0, 0.1) is 0 Å². The molecule has 1 rings (SSSR count). The highest BCUT2D eigenvalue weighted by Crippen LogP contribution is 2.21. The second-order valence-electron chi connectivity index (χ2n) is 5.82. The van der Waals surface area contributed by atoms with Crippen molar-refractivity contribution in [2.75, 3.05) is 26.5 Å². The van der Waals surface area contributed by atoms with Crippen LogP contribution in [-0.4, -0.2) is 73.9 Å². The van der Waals surface area contributed by atoms with E-state index in [-0.39, 0.29) is 17.7 Å². The normalized spacial score (nSPS) is 12.3. The third-order valence-electron chi connectivity index (χ3n) is 3.57. The first-order valence-corrected chi connectivity index (χ1v) is 9.76. The van der Waals surface area contributed by atoms with Crippen LogP contribution in [0.5, 0.6) is 5.75 Å². The molecule has 0 radical (unpaired) electrons. The van der Waals surface area contributed by atoms with Gasteiger partial charge in [-0.2, -0.15) is 0 Å². The van der Waals surface area contributed by atoms with Crippen LogP contribution < -0.4 is 9.46 Å². The summed E-state index contributed by atoms with van der Waals surface area (Å²) < 4.78 is 30.3. The van der Waals surface area contributed by atoms with Crippen LogP contribution in [0.25, 0.3) is 0 Å². The fourth-order valence-corrected chi connectivity index (χ4v) is 2.93. The van der Waals surface area contributed by atoms with Crippen molar-refractivity contribution in [2.45, 2.75) is 19.4 Å². The summed E-state index contributed by atoms with van der Waals surface area (Å²) in [5.41, 5.74) is 0.0808. The largest absolute Gasteiger partial charge is 0.481 e. The van der Waals surface area contributed by atoms with Crippen LogP contribution in [0.4, 0.5) is 0 Å². The summed E-state index contributed by atoms with van der Waals surface area (Å²) in [6.07, 6.45) is 0.834. The van der Waals surface area contributed by atoms with Crippen LogP contribution in [0.1, 0.15) is 22.8 Å². The van der Waals surface area contributed by atoms with E-state index in [0.717, 1.165) is 6.26 Å². The first kappa shape index (κ1) is 22.4. The summed E-state index contributed by atoms with van der Waals surface area (Å²) >= 11 is 0. The average molecular weight is 402 g/mol. The molecule has 0 aliphatic carbocycles. The maximum absolute atomic E-state index is 12.4. The van der Waals surface area contributed by atoms with Gasteiger partial charge in [0.2, 0.25) is 15.9 Å². The summed E-state index contributed by atoms with van der Waals surface area (Å²) in [5.74, 6) is -3.22. The Kier molecular flexibility index (Phi) is 7.73. The van der Waals surface area contributed by atoms with Gasteiger partial charge in [-0.1, -0.05) is 6.07 Å². The van der Waals surface area contributed by atoms with E-state index in [1.165, 1.54) is 30.1 Å². The van der Waals surface area contributed by atoms with E-state index in [4.69, 9.17) is 9.84 Å². The maximum atomic E-state index is 12.4. The number of likely N-dealkylation sites (N-methyl/N-ethyl adjacent to an activating group) is 1. The Morgan fingerprint density at radius 3 is 2.37 bits per heavy atom. The minimum Gasteiger partial charge on any atom is -0.481 e. The predicted octanol–water partition coefficient (Wildman–Crippen LogP) is -0.213. The number of aliphatic carboxylic acids is 1. The molecule has 0 aromatic heterocycles. The number of hydrogen-bond acceptors (Lipinski definition) is 6. The zero-order chi connectivity index (χ0) is 20.8. The number of carbonyl (C=O) groups excluding carboxylic acids is 1. The summed E-state index contributed by atoms with van der Waals surface area (Å²) in [6.45, 7) is 1.38. The van der Waals surface area contributed by atoms with Gasteiger partial charge in [-0.05, 0) is 31.0 Å². The molecule has 0 bridgehead atoms. The summed E-state index contributed by atoms with van der Waals surface area (Å²) in [4.78, 5) is 35.7. The highest BCUT2D eigenvalue weighted by Gasteiger charge is 2.25. The van der Waals surface area contributed by atoms with E-state index in [1.54, 1.807) is 6.92 Å². The molecular weight excluding hydrogens is 380 g/mol. The zero-order valence-corrected chi connectivity index (χ0v) is 15.9. The highest BCUT2D eigenvalue weighted by atomic mass is 32.2. The standard InChI is InChI=1S/C16H22N2O8S/c1-4-18(2)15(21)12(17-27(3,24)25)8-10-5-6-13(26-9-14(19)20)11(7-10)16(22)23/h5-7,12,17H,4,8-9H2,1-3H3,(H,19,20)(H,22,23). The SMILES string of the molecule is CCN(C)C(=O)C(Cc1ccc(OCC(=O)O)c(C(=O)O)c1)NS(C)(=O)=O. The lowest BCUT2D eigenvalue weighted by Gasteiger charge is -2.23. The van der Waals surface area contributed by atoms with Gasteiger partial charge in [-0.15, -0.1) is 0 Å². The van der Waals surface area contributed by atoms with Crippen molar-refractivity contribution in [3.63, 3.8) is 0 Å². The molecule has 11 heteroatoms. The van der Waals surface area contributed by atoms with Crippen molar-refractivity contribution >= 4 is 27.9 Å². The van der Waals surface area contributed by atoms with Crippen molar-refractivity contribution in [1.29, 1.82) is 0 Å². The van der Waals surface area contributed by atoms with Crippen LogP contribution in [-0.2, 0) is 26.0 Å². The number of ether oxygens (including phenoxy) is 1. The number of carboxylic acids is 2. The molecule has 0 heterocycles. The number of sulfonamides is 1. The zero-order valence-electron chi connectivity index (χ0n) is 15.1. The van der Waals surface area contributed by atoms with Gasteiger partial charge >= 0.3 is 11.9 Å². The number of benzene rings is 1. The summed E-state index contributed by atoms with van der Waals surface area (Å²) in [7, 11) is -2.17. The molecule has 150 valence electrons. The van der Waals surface area contributed by atoms with Gasteiger partial charge in [0.1, 0.15) is 17.4 Å². The molecule has 0 fully saturated rings. The van der Waals surface area contributed by atoms with Crippen molar-refractivity contribution < 1.29 is 37.8 Å². The third-order valence-corrected chi connectivity index (χ3v) is 4.28. The summed E-state index contributed by atoms with van der Waals surface area (Å²) in [5, 5.41) is 17.9. The molecule has 0 aliphatic rings. The Morgan fingerprint density at radius 2 is 1.89 bits per heavy atom. The molecule has 1 aromatic rings. The Bertz CT molecular complexity index is 822. The van der Waals surface area contributed by atoms with Crippen molar-refractivity contribution in [3.05, 3.63) is 29.3 Å². The number of amides is 1. The van der Waals surface area contributed by atoms with E-state index in [9.17, 15) is 27.9 Å². The van der Waals surface area contributed by atoms with Gasteiger partial charge < -0.3 is 19.8 Å². The third kappa shape index (κ3) is 7.23. The van der Waals surface area contributed by atoms with Crippen LogP contribution in [0.3, 0.4) is 0 Å². The number of rotatable bonds is 10. The van der Waals surface area contributed by atoms with Crippen molar-refractivity contribution in [2.24, 2.45) is 0 Å². The number of hydrogen-bond donors (Lipinski definition) is 3. The molecule has 0 saturated carbocycles. The first-order chi connectivity index (χ1) is 12.4. The monoisotopic (exact) mass is 402 g/mol. The minimum atomic E-state index is -3.69. The molecule has 0 spiro atoms. The molecule has 0 saturated heterocycles. The fraction of sp³-hybridized carbons (Fsp3) is 0.438. The van der Waals surface area contributed by atoms with Crippen LogP contribution in [0.15, 0.2) is 18.2 Å². The lowest BCUT2D eigenvalue weighted by atomic mass is 10.0. The second-order valence-corrected chi connectivity index (χ2v) is 7.60. The van der Waals surface area contributed by atoms with Gasteiger partial charge in [-0.25, -0.2) is 22.7 Å². The van der Waals surface area contributed by atoms with E-state index >= 15 is 0 Å². The van der Waals surface area contributed by atoms with E-state index < -0.39 is 40.5 Å². The quantitative estimate of drug-likeness (QED) is 0.486. The van der Waals surface area contributed by atoms with Crippen LogP contribution in [0.2, 0.25) is 0 Å². The molecule has 1 aromatic carbocycles. The molecule has 0 aliphatic heterocycles. The number of aromatic carboxylic acids is 1. The minimum absolute atomic E-state index is 0.0876. The Hall–Kier alpha value is -2.66. The smallest absolute Gasteiger partial charge is 0.341 e. The number of carboxylic acid groups (broad SMARTS) is 2. The molecule has 1 amide bonds. The molecular formula is C16H22N2O8S. The van der Waals surface area contributed by atoms with Gasteiger partial charge in [-0.3, -0.25) is 4.79 Å². The number of nitrogens with one attached hydrogen (secondary N) is 1. The Labute approximate surface area is 156 Å². The first-order valence-electron chi connectivity index (χ1n) is 7.87. The molecule has 1 unspecified atom stereocenters. The molecule has 3 N–H and O–H groups in total. The molecule has 10 nitrogen and oxygen atoms in total. The lowest BCUT2D eigenvalue weighted by Crippen LogP contribution is -2.48. The van der Waals surface area contributed by atoms with Crippen LogP contribution >= 0.6 is 0 Å². The maximum Gasteiger partial charge on any atom is 0.341 e. The molecule has 27 heavy (non-hydrogen) atoms. The van der Waals surface area contributed by atoms with Crippen molar-refractivity contribution in [3.8, 4) is 5.75 Å². The van der Waals surface area contributed by atoms with E-state index in [0.29, 0.717) is 12.1 Å². The number of nitrogens with zero attached hydrogens (tertiary/aromatic N) is 1. The Morgan fingerprint density at radius 1 is 1.26 bits per heavy atom. The Balaban J connectivity index is 3.17. The average Bonchev–Trinajstić information content (AvgIpc) is 2.57. The van der Waals surface area contributed by atoms with Crippen molar-refractivity contribution in [1.82, 2.24) is 9.62 Å². The van der Waals surface area contributed by atoms with E-state index in [2.05, 4.69) is 4.72 Å².